The molecule has 3 N–H and O–H groups in total. The van der Waals surface area contributed by atoms with Gasteiger partial charge in [0, 0.05) is 42.5 Å². The molecule has 29 heavy (non-hydrogen) atoms. The molecule has 0 radical (unpaired) electrons. The van der Waals surface area contributed by atoms with Crippen molar-refractivity contribution in [2.75, 3.05) is 18.0 Å². The maximum atomic E-state index is 10.5. The second kappa shape index (κ2) is 7.44. The summed E-state index contributed by atoms with van der Waals surface area (Å²) in [7, 11) is 0. The number of rotatable bonds is 4. The van der Waals surface area contributed by atoms with E-state index in [1.807, 2.05) is 12.1 Å². The molecule has 8 nitrogen and oxygen atoms in total. The van der Waals surface area contributed by atoms with Crippen LogP contribution in [0.4, 0.5) is 5.95 Å². The van der Waals surface area contributed by atoms with Gasteiger partial charge < -0.3 is 15.3 Å². The quantitative estimate of drug-likeness (QED) is 0.628. The summed E-state index contributed by atoms with van der Waals surface area (Å²) in [4.78, 5) is 6.79. The average Bonchev–Trinajstić information content (AvgIpc) is 3.21. The Labute approximate surface area is 169 Å². The molecule has 1 aromatic carbocycles. The molecule has 3 heterocycles. The van der Waals surface area contributed by atoms with Gasteiger partial charge in [0.2, 0.25) is 5.95 Å². The van der Waals surface area contributed by atoms with Crippen LogP contribution in [0.1, 0.15) is 26.2 Å². The Morgan fingerprint density at radius 1 is 1.10 bits per heavy atom. The highest BCUT2D eigenvalue weighted by Gasteiger charge is 2.34. The summed E-state index contributed by atoms with van der Waals surface area (Å²) in [6.45, 7) is 3.99. The van der Waals surface area contributed by atoms with Crippen LogP contribution in [0.3, 0.4) is 0 Å². The molecule has 8 heteroatoms. The SMILES string of the molecule is C[C@@H]1CN(c2ncc(-c3ccc(-c4cn[nH]c4)cc3O)nn2)CC(C2CCC2)N1. The molecule has 1 aliphatic carbocycles. The Bertz CT molecular complexity index is 969. The Kier molecular flexibility index (Phi) is 4.63. The van der Waals surface area contributed by atoms with E-state index in [1.165, 1.54) is 19.3 Å². The lowest BCUT2D eigenvalue weighted by atomic mass is 9.78. The van der Waals surface area contributed by atoms with Crippen molar-refractivity contribution in [2.45, 2.75) is 38.3 Å². The number of aromatic hydroxyl groups is 1. The van der Waals surface area contributed by atoms with E-state index in [4.69, 9.17) is 0 Å². The Hall–Kier alpha value is -3.00. The molecule has 3 aromatic rings. The number of nitrogens with zero attached hydrogens (tertiary/aromatic N) is 5. The molecule has 1 unspecified atom stereocenters. The van der Waals surface area contributed by atoms with Gasteiger partial charge in [0.05, 0.1) is 12.4 Å². The Morgan fingerprint density at radius 2 is 2.00 bits per heavy atom. The maximum Gasteiger partial charge on any atom is 0.245 e. The first kappa shape index (κ1) is 18.1. The Balaban J connectivity index is 1.35. The van der Waals surface area contributed by atoms with Gasteiger partial charge in [-0.3, -0.25) is 5.10 Å². The summed E-state index contributed by atoms with van der Waals surface area (Å²) in [6, 6.07) is 6.36. The van der Waals surface area contributed by atoms with Crippen molar-refractivity contribution in [3.8, 4) is 28.1 Å². The zero-order chi connectivity index (χ0) is 19.8. The molecule has 1 saturated heterocycles. The van der Waals surface area contributed by atoms with Crippen molar-refractivity contribution in [3.63, 3.8) is 0 Å². The molecule has 150 valence electrons. The predicted molar refractivity (Wildman–Crippen MR) is 110 cm³/mol. The molecule has 2 aliphatic rings. The second-order valence-corrected chi connectivity index (χ2v) is 8.13. The number of anilines is 1. The van der Waals surface area contributed by atoms with Crippen LogP contribution in [0.2, 0.25) is 0 Å². The summed E-state index contributed by atoms with van der Waals surface area (Å²) in [6.07, 6.45) is 9.16. The number of hydrogen-bond acceptors (Lipinski definition) is 7. The zero-order valence-corrected chi connectivity index (χ0v) is 16.4. The molecule has 5 rings (SSSR count). The summed E-state index contributed by atoms with van der Waals surface area (Å²) < 4.78 is 0. The van der Waals surface area contributed by atoms with E-state index in [1.54, 1.807) is 24.7 Å². The fourth-order valence-electron chi connectivity index (χ4n) is 4.28. The van der Waals surface area contributed by atoms with Gasteiger partial charge in [0.25, 0.3) is 0 Å². The minimum Gasteiger partial charge on any atom is -0.507 e. The number of phenolic OH excluding ortho intramolecular Hbond substituents is 1. The lowest BCUT2D eigenvalue weighted by Crippen LogP contribution is -2.59. The van der Waals surface area contributed by atoms with Crippen LogP contribution < -0.4 is 10.2 Å². The van der Waals surface area contributed by atoms with Gasteiger partial charge >= 0.3 is 0 Å². The zero-order valence-electron chi connectivity index (χ0n) is 16.4. The van der Waals surface area contributed by atoms with Gasteiger partial charge in [-0.15, -0.1) is 10.2 Å². The van der Waals surface area contributed by atoms with Crippen LogP contribution in [0.5, 0.6) is 5.75 Å². The first-order chi connectivity index (χ1) is 14.2. The largest absolute Gasteiger partial charge is 0.507 e. The van der Waals surface area contributed by atoms with Crippen LogP contribution in [-0.4, -0.2) is 55.7 Å². The lowest BCUT2D eigenvalue weighted by Gasteiger charge is -2.43. The van der Waals surface area contributed by atoms with E-state index in [2.05, 4.69) is 42.5 Å². The van der Waals surface area contributed by atoms with Gasteiger partial charge in [0.15, 0.2) is 0 Å². The molecule has 0 spiro atoms. The minimum atomic E-state index is 0.147. The number of nitrogens with one attached hydrogen (secondary N) is 2. The normalized spacial score (nSPS) is 22.4. The minimum absolute atomic E-state index is 0.147. The highest BCUT2D eigenvalue weighted by Crippen LogP contribution is 2.33. The molecule has 2 fully saturated rings. The fraction of sp³-hybridized carbons (Fsp3) is 0.429. The van der Waals surface area contributed by atoms with Crippen LogP contribution in [0.15, 0.2) is 36.8 Å². The highest BCUT2D eigenvalue weighted by atomic mass is 16.3. The van der Waals surface area contributed by atoms with E-state index in [-0.39, 0.29) is 5.75 Å². The molecule has 2 atom stereocenters. The number of piperazine rings is 1. The van der Waals surface area contributed by atoms with Crippen molar-refractivity contribution in [1.29, 1.82) is 0 Å². The number of hydrogen-bond donors (Lipinski definition) is 3. The molecular weight excluding hydrogens is 366 g/mol. The van der Waals surface area contributed by atoms with Gasteiger partial charge in [0.1, 0.15) is 11.4 Å². The van der Waals surface area contributed by atoms with Crippen molar-refractivity contribution in [1.82, 2.24) is 30.7 Å². The predicted octanol–water partition coefficient (Wildman–Crippen LogP) is 2.60. The number of aromatic amines is 1. The standard InChI is InChI=1S/C21H25N7O/c1-13-11-28(12-19(25-13)14-3-2-4-14)21-22-10-18(26-27-21)17-6-5-15(7-20(17)29)16-8-23-24-9-16/h5-10,13-14,19,25,29H,2-4,11-12H2,1H3,(H,23,24)/t13-,19?/m1/s1. The second-order valence-electron chi connectivity index (χ2n) is 8.13. The maximum absolute atomic E-state index is 10.5. The topological polar surface area (TPSA) is 103 Å². The first-order valence-electron chi connectivity index (χ1n) is 10.2. The lowest BCUT2D eigenvalue weighted by molar-refractivity contribution is 0.202. The van der Waals surface area contributed by atoms with Crippen molar-refractivity contribution >= 4 is 5.95 Å². The number of H-pyrrole nitrogens is 1. The van der Waals surface area contributed by atoms with Gasteiger partial charge in [-0.05, 0) is 43.4 Å². The first-order valence-corrected chi connectivity index (χ1v) is 10.2. The number of aromatic nitrogens is 5. The van der Waals surface area contributed by atoms with Crippen LogP contribution in [-0.2, 0) is 0 Å². The summed E-state index contributed by atoms with van der Waals surface area (Å²) in [5.74, 6) is 1.56. The van der Waals surface area contributed by atoms with Gasteiger partial charge in [-0.25, -0.2) is 4.98 Å². The van der Waals surface area contributed by atoms with E-state index >= 15 is 0 Å². The molecule has 0 amide bonds. The number of benzene rings is 1. The van der Waals surface area contributed by atoms with Crippen molar-refractivity contribution in [2.24, 2.45) is 5.92 Å². The van der Waals surface area contributed by atoms with E-state index in [9.17, 15) is 5.11 Å². The summed E-state index contributed by atoms with van der Waals surface area (Å²) in [5.41, 5.74) is 2.98. The summed E-state index contributed by atoms with van der Waals surface area (Å²) in [5, 5.41) is 29.7. The van der Waals surface area contributed by atoms with Crippen LogP contribution in [0.25, 0.3) is 22.4 Å². The summed E-state index contributed by atoms with van der Waals surface area (Å²) >= 11 is 0. The monoisotopic (exact) mass is 391 g/mol. The molecular formula is C21H25N7O. The third-order valence-corrected chi connectivity index (χ3v) is 6.07. The fourth-order valence-corrected chi connectivity index (χ4v) is 4.28. The molecule has 2 aromatic heterocycles. The van der Waals surface area contributed by atoms with Gasteiger partial charge in [-0.2, -0.15) is 5.10 Å². The van der Waals surface area contributed by atoms with Crippen molar-refractivity contribution in [3.05, 3.63) is 36.8 Å². The highest BCUT2D eigenvalue weighted by molar-refractivity contribution is 5.73. The molecule has 1 saturated carbocycles. The third kappa shape index (κ3) is 3.55. The van der Waals surface area contributed by atoms with E-state index in [0.29, 0.717) is 29.3 Å². The Morgan fingerprint density at radius 3 is 2.66 bits per heavy atom. The van der Waals surface area contributed by atoms with E-state index in [0.717, 1.165) is 30.1 Å². The van der Waals surface area contributed by atoms with E-state index < -0.39 is 0 Å². The van der Waals surface area contributed by atoms with Crippen LogP contribution >= 0.6 is 0 Å². The molecule has 0 bridgehead atoms. The number of phenols is 1. The van der Waals surface area contributed by atoms with Crippen molar-refractivity contribution < 1.29 is 5.11 Å². The molecule has 1 aliphatic heterocycles. The smallest absolute Gasteiger partial charge is 0.245 e. The van der Waals surface area contributed by atoms with Gasteiger partial charge in [-0.1, -0.05) is 12.5 Å². The average molecular weight is 391 g/mol. The van der Waals surface area contributed by atoms with Crippen LogP contribution in [0, 0.1) is 5.92 Å². The third-order valence-electron chi connectivity index (χ3n) is 6.07.